The second-order valence-corrected chi connectivity index (χ2v) is 9.38. The molecule has 2 aromatic carbocycles. The number of amides is 1. The Morgan fingerprint density at radius 1 is 1.06 bits per heavy atom. The third kappa shape index (κ3) is 4.69. The number of hydrogen-bond donors (Lipinski definition) is 2. The van der Waals surface area contributed by atoms with Crippen molar-refractivity contribution in [3.8, 4) is 0 Å². The van der Waals surface area contributed by atoms with Crippen LogP contribution >= 0.6 is 11.8 Å². The van der Waals surface area contributed by atoms with Gasteiger partial charge in [-0.25, -0.2) is 4.98 Å². The number of H-pyrrole nitrogens is 1. The summed E-state index contributed by atoms with van der Waals surface area (Å²) in [6, 6.07) is 14.6. The Bertz CT molecular complexity index is 1120. The molecule has 2 aliphatic heterocycles. The Balaban J connectivity index is 1.02. The molecular formula is C25H29N5OS. The Morgan fingerprint density at radius 3 is 2.84 bits per heavy atom. The zero-order valence-electron chi connectivity index (χ0n) is 18.2. The monoisotopic (exact) mass is 447 g/mol. The molecule has 5 rings (SSSR count). The molecule has 32 heavy (non-hydrogen) atoms. The average molecular weight is 448 g/mol. The first kappa shape index (κ1) is 21.1. The largest absolute Gasteiger partial charge is 0.367 e. The average Bonchev–Trinajstić information content (AvgIpc) is 3.33. The smallest absolute Gasteiger partial charge is 0.248 e. The van der Waals surface area contributed by atoms with E-state index in [1.54, 1.807) is 18.1 Å². The number of nitrogens with one attached hydrogen (secondary N) is 2. The van der Waals surface area contributed by atoms with E-state index in [-0.39, 0.29) is 5.91 Å². The van der Waals surface area contributed by atoms with Gasteiger partial charge in [-0.1, -0.05) is 24.3 Å². The highest BCUT2D eigenvalue weighted by molar-refractivity contribution is 7.99. The highest BCUT2D eigenvalue weighted by atomic mass is 32.2. The number of fused-ring (bicyclic) bond motifs is 2. The lowest BCUT2D eigenvalue weighted by Gasteiger charge is -2.36. The van der Waals surface area contributed by atoms with Crippen LogP contribution in [-0.2, 0) is 4.79 Å². The van der Waals surface area contributed by atoms with Crippen molar-refractivity contribution in [3.05, 3.63) is 59.9 Å². The quantitative estimate of drug-likeness (QED) is 0.540. The van der Waals surface area contributed by atoms with Crippen molar-refractivity contribution in [2.24, 2.45) is 0 Å². The van der Waals surface area contributed by atoms with Crippen molar-refractivity contribution in [2.75, 3.05) is 49.9 Å². The number of unbranched alkanes of at least 4 members (excludes halogenated alkanes) is 1. The van der Waals surface area contributed by atoms with Gasteiger partial charge in [0.15, 0.2) is 0 Å². The van der Waals surface area contributed by atoms with Gasteiger partial charge in [-0.05, 0) is 49.2 Å². The summed E-state index contributed by atoms with van der Waals surface area (Å²) >= 11 is 1.74. The topological polar surface area (TPSA) is 64.3 Å². The Labute approximate surface area is 193 Å². The van der Waals surface area contributed by atoms with Gasteiger partial charge >= 0.3 is 0 Å². The Morgan fingerprint density at radius 2 is 1.94 bits per heavy atom. The van der Waals surface area contributed by atoms with Crippen LogP contribution in [0, 0.1) is 0 Å². The zero-order valence-corrected chi connectivity index (χ0v) is 19.0. The summed E-state index contributed by atoms with van der Waals surface area (Å²) in [6.07, 6.45) is 5.92. The summed E-state index contributed by atoms with van der Waals surface area (Å²) < 4.78 is 0. The van der Waals surface area contributed by atoms with Crippen molar-refractivity contribution < 1.29 is 4.79 Å². The van der Waals surface area contributed by atoms with E-state index >= 15 is 0 Å². The summed E-state index contributed by atoms with van der Waals surface area (Å²) in [4.78, 5) is 26.4. The maximum atomic E-state index is 12.5. The van der Waals surface area contributed by atoms with Crippen LogP contribution in [0.5, 0.6) is 0 Å². The molecule has 0 saturated carbocycles. The number of carbonyl (C=O) groups is 1. The number of rotatable bonds is 7. The molecule has 6 nitrogen and oxygen atoms in total. The van der Waals surface area contributed by atoms with Gasteiger partial charge < -0.3 is 15.2 Å². The number of nitrogens with zero attached hydrogens (tertiary/aromatic N) is 3. The molecule has 3 aromatic rings. The fraction of sp³-hybridized carbons (Fsp3) is 0.360. The van der Waals surface area contributed by atoms with Gasteiger partial charge in [0, 0.05) is 48.9 Å². The summed E-state index contributed by atoms with van der Waals surface area (Å²) in [5.41, 5.74) is 5.43. The Hall–Kier alpha value is -2.77. The van der Waals surface area contributed by atoms with Crippen LogP contribution in [0.25, 0.3) is 17.1 Å². The standard InChI is InChI=1S/C25H29N5OS/c31-25(20-16-19-6-1-2-9-23(19)32-17-20)26-10-3-4-11-29-12-14-30(15-13-29)22-8-5-7-21-24(22)28-18-27-21/h1-2,5-9,16,18H,3-4,10-15,17H2,(H,26,31)(H,27,28). The number of thioether (sulfide) groups is 1. The van der Waals surface area contributed by atoms with Crippen LogP contribution in [0.2, 0.25) is 0 Å². The van der Waals surface area contributed by atoms with E-state index in [1.165, 1.54) is 10.6 Å². The first-order valence-corrected chi connectivity index (χ1v) is 12.4. The van der Waals surface area contributed by atoms with E-state index in [2.05, 4.69) is 49.4 Å². The summed E-state index contributed by atoms with van der Waals surface area (Å²) in [7, 11) is 0. The fourth-order valence-electron chi connectivity index (χ4n) is 4.45. The van der Waals surface area contributed by atoms with Gasteiger partial charge in [-0.2, -0.15) is 0 Å². The van der Waals surface area contributed by atoms with Crippen LogP contribution in [-0.4, -0.2) is 65.8 Å². The summed E-state index contributed by atoms with van der Waals surface area (Å²) in [6.45, 7) is 6.03. The van der Waals surface area contributed by atoms with E-state index in [0.29, 0.717) is 0 Å². The first-order chi connectivity index (χ1) is 15.8. The number of piperazine rings is 1. The van der Waals surface area contributed by atoms with Crippen LogP contribution in [0.4, 0.5) is 5.69 Å². The molecule has 166 valence electrons. The summed E-state index contributed by atoms with van der Waals surface area (Å²) in [5.74, 6) is 0.827. The molecule has 1 fully saturated rings. The first-order valence-electron chi connectivity index (χ1n) is 11.4. The van der Waals surface area contributed by atoms with Gasteiger partial charge in [0.1, 0.15) is 0 Å². The molecule has 0 spiro atoms. The van der Waals surface area contributed by atoms with Gasteiger partial charge in [0.05, 0.1) is 23.0 Å². The molecule has 0 bridgehead atoms. The number of aromatic amines is 1. The van der Waals surface area contributed by atoms with Crippen LogP contribution in [0.15, 0.2) is 59.3 Å². The normalized spacial score (nSPS) is 16.6. The molecule has 0 unspecified atom stereocenters. The number of anilines is 1. The second kappa shape index (κ2) is 9.79. The molecule has 0 aliphatic carbocycles. The zero-order chi connectivity index (χ0) is 21.8. The van der Waals surface area contributed by atoms with E-state index in [9.17, 15) is 4.79 Å². The third-order valence-electron chi connectivity index (χ3n) is 6.26. The van der Waals surface area contributed by atoms with E-state index in [1.807, 2.05) is 24.3 Å². The predicted molar refractivity (Wildman–Crippen MR) is 132 cm³/mol. The van der Waals surface area contributed by atoms with Crippen LogP contribution in [0.3, 0.4) is 0 Å². The SMILES string of the molecule is O=C(NCCCCN1CCN(c2cccc3nc[nH]c23)CC1)C1=Cc2ccccc2SC1. The van der Waals surface area contributed by atoms with E-state index in [4.69, 9.17) is 0 Å². The number of carbonyl (C=O) groups excluding carboxylic acids is 1. The van der Waals surface area contributed by atoms with Crippen LogP contribution in [0.1, 0.15) is 18.4 Å². The van der Waals surface area contributed by atoms with Crippen molar-refractivity contribution >= 4 is 40.5 Å². The highest BCUT2D eigenvalue weighted by Gasteiger charge is 2.19. The molecule has 2 N–H and O–H groups in total. The molecule has 1 amide bonds. The van der Waals surface area contributed by atoms with Crippen molar-refractivity contribution in [3.63, 3.8) is 0 Å². The Kier molecular flexibility index (Phi) is 6.46. The predicted octanol–water partition coefficient (Wildman–Crippen LogP) is 3.77. The number of imidazole rings is 1. The lowest BCUT2D eigenvalue weighted by atomic mass is 10.1. The fourth-order valence-corrected chi connectivity index (χ4v) is 5.44. The van der Waals surface area contributed by atoms with E-state index < -0.39 is 0 Å². The van der Waals surface area contributed by atoms with Gasteiger partial charge in [0.25, 0.3) is 0 Å². The molecule has 1 aromatic heterocycles. The van der Waals surface area contributed by atoms with Gasteiger partial charge in [-0.15, -0.1) is 11.8 Å². The number of para-hydroxylation sites is 1. The van der Waals surface area contributed by atoms with Gasteiger partial charge in [0.2, 0.25) is 5.91 Å². The molecule has 7 heteroatoms. The van der Waals surface area contributed by atoms with Crippen molar-refractivity contribution in [1.82, 2.24) is 20.2 Å². The molecule has 0 radical (unpaired) electrons. The van der Waals surface area contributed by atoms with Crippen molar-refractivity contribution in [2.45, 2.75) is 17.7 Å². The van der Waals surface area contributed by atoms with E-state index in [0.717, 1.165) is 80.0 Å². The maximum Gasteiger partial charge on any atom is 0.248 e. The maximum absolute atomic E-state index is 12.5. The summed E-state index contributed by atoms with van der Waals surface area (Å²) in [5, 5.41) is 3.11. The lowest BCUT2D eigenvalue weighted by molar-refractivity contribution is -0.117. The lowest BCUT2D eigenvalue weighted by Crippen LogP contribution is -2.46. The third-order valence-corrected chi connectivity index (χ3v) is 7.39. The van der Waals surface area contributed by atoms with Gasteiger partial charge in [-0.3, -0.25) is 9.69 Å². The molecule has 0 atom stereocenters. The number of aromatic nitrogens is 2. The minimum absolute atomic E-state index is 0.0774. The minimum atomic E-state index is 0.0774. The minimum Gasteiger partial charge on any atom is -0.367 e. The molecule has 1 saturated heterocycles. The second-order valence-electron chi connectivity index (χ2n) is 8.36. The number of hydrogen-bond acceptors (Lipinski definition) is 5. The van der Waals surface area contributed by atoms with Crippen molar-refractivity contribution in [1.29, 1.82) is 0 Å². The number of benzene rings is 2. The van der Waals surface area contributed by atoms with Crippen LogP contribution < -0.4 is 10.2 Å². The molecular weight excluding hydrogens is 418 g/mol. The molecule has 3 heterocycles. The molecule has 2 aliphatic rings. The highest BCUT2D eigenvalue weighted by Crippen LogP contribution is 2.31.